The smallest absolute Gasteiger partial charge is 0.141 e. The minimum atomic E-state index is 0.281. The van der Waals surface area contributed by atoms with Gasteiger partial charge >= 0.3 is 0 Å². The Morgan fingerprint density at radius 2 is 2.11 bits per heavy atom. The van der Waals surface area contributed by atoms with Crippen LogP contribution in [0.3, 0.4) is 0 Å². The number of hydrogen-bond acceptors (Lipinski definition) is 4. The van der Waals surface area contributed by atoms with E-state index in [0.29, 0.717) is 0 Å². The van der Waals surface area contributed by atoms with Crippen molar-refractivity contribution in [2.75, 3.05) is 19.6 Å². The Hall–Kier alpha value is -0.940. The van der Waals surface area contributed by atoms with Crippen LogP contribution >= 0.6 is 0 Å². The summed E-state index contributed by atoms with van der Waals surface area (Å²) in [6.45, 7) is 11.7. The van der Waals surface area contributed by atoms with Gasteiger partial charge in [-0.2, -0.15) is 5.10 Å². The van der Waals surface area contributed by atoms with Crippen LogP contribution in [0, 0.1) is 0 Å². The van der Waals surface area contributed by atoms with Gasteiger partial charge in [-0.05, 0) is 19.8 Å². The van der Waals surface area contributed by atoms with Crippen molar-refractivity contribution in [3.8, 4) is 0 Å². The van der Waals surface area contributed by atoms with Gasteiger partial charge in [0.15, 0.2) is 0 Å². The lowest BCUT2D eigenvalue weighted by Gasteiger charge is -2.46. The highest BCUT2D eigenvalue weighted by Gasteiger charge is 2.36. The maximum absolute atomic E-state index is 4.41. The number of piperazine rings is 1. The summed E-state index contributed by atoms with van der Waals surface area (Å²) in [4.78, 5) is 6.99. The predicted molar refractivity (Wildman–Crippen MR) is 72.3 cm³/mol. The summed E-state index contributed by atoms with van der Waals surface area (Å²) in [5.41, 5.74) is 0.281. The second-order valence-electron chi connectivity index (χ2n) is 5.02. The molecule has 18 heavy (non-hydrogen) atoms. The first-order chi connectivity index (χ1) is 8.75. The molecule has 2 rings (SSSR count). The van der Waals surface area contributed by atoms with Crippen LogP contribution in [-0.2, 0) is 13.1 Å². The Morgan fingerprint density at radius 1 is 1.33 bits per heavy atom. The summed E-state index contributed by atoms with van der Waals surface area (Å²) in [5.74, 6) is 1.09. The maximum Gasteiger partial charge on any atom is 0.141 e. The first-order valence-electron chi connectivity index (χ1n) is 7.08. The second-order valence-corrected chi connectivity index (χ2v) is 5.02. The Kier molecular flexibility index (Phi) is 4.35. The van der Waals surface area contributed by atoms with Crippen molar-refractivity contribution < 1.29 is 0 Å². The third-order valence-electron chi connectivity index (χ3n) is 4.33. The van der Waals surface area contributed by atoms with E-state index in [2.05, 4.69) is 41.1 Å². The fourth-order valence-electron chi connectivity index (χ4n) is 2.92. The van der Waals surface area contributed by atoms with Crippen LogP contribution in [0.1, 0.15) is 39.4 Å². The molecular formula is C13H25N5. The highest BCUT2D eigenvalue weighted by molar-refractivity contribution is 4.97. The van der Waals surface area contributed by atoms with Crippen LogP contribution in [0.15, 0.2) is 6.33 Å². The molecule has 0 spiro atoms. The lowest BCUT2D eigenvalue weighted by atomic mass is 9.88. The molecule has 1 fully saturated rings. The third kappa shape index (κ3) is 2.42. The largest absolute Gasteiger partial charge is 0.314 e. The molecule has 5 nitrogen and oxygen atoms in total. The van der Waals surface area contributed by atoms with Crippen LogP contribution in [0.25, 0.3) is 0 Å². The van der Waals surface area contributed by atoms with E-state index in [1.165, 1.54) is 12.8 Å². The normalized spacial score (nSPS) is 20.2. The molecule has 1 saturated heterocycles. The summed E-state index contributed by atoms with van der Waals surface area (Å²) in [6.07, 6.45) is 4.02. The van der Waals surface area contributed by atoms with Gasteiger partial charge in [-0.1, -0.05) is 13.8 Å². The van der Waals surface area contributed by atoms with Gasteiger partial charge in [0.05, 0.1) is 6.54 Å². The minimum Gasteiger partial charge on any atom is -0.314 e. The topological polar surface area (TPSA) is 46.0 Å². The zero-order valence-electron chi connectivity index (χ0n) is 11.8. The van der Waals surface area contributed by atoms with E-state index < -0.39 is 0 Å². The minimum absolute atomic E-state index is 0.281. The van der Waals surface area contributed by atoms with Crippen LogP contribution in [-0.4, -0.2) is 44.8 Å². The molecule has 0 saturated carbocycles. The van der Waals surface area contributed by atoms with E-state index in [1.54, 1.807) is 6.33 Å². The van der Waals surface area contributed by atoms with Crippen LogP contribution in [0.2, 0.25) is 0 Å². The number of rotatable bonds is 5. The summed E-state index contributed by atoms with van der Waals surface area (Å²) < 4.78 is 2.00. The monoisotopic (exact) mass is 251 g/mol. The molecule has 0 amide bonds. The van der Waals surface area contributed by atoms with Gasteiger partial charge in [0, 0.05) is 31.7 Å². The molecule has 0 radical (unpaired) electrons. The van der Waals surface area contributed by atoms with Gasteiger partial charge in [-0.3, -0.25) is 4.90 Å². The Morgan fingerprint density at radius 3 is 2.78 bits per heavy atom. The highest BCUT2D eigenvalue weighted by atomic mass is 15.4. The standard InChI is InChI=1S/C13H25N5/c1-4-13(5-2)10-14-7-8-17(13)9-12-15-11-16-18(12)6-3/h11,14H,4-10H2,1-3H3. The fourth-order valence-corrected chi connectivity index (χ4v) is 2.92. The zero-order chi connectivity index (χ0) is 13.0. The lowest BCUT2D eigenvalue weighted by Crippen LogP contribution is -2.60. The SMILES string of the molecule is CCn1ncnc1CN1CCNCC1(CC)CC. The average molecular weight is 251 g/mol. The lowest BCUT2D eigenvalue weighted by molar-refractivity contribution is 0.0413. The molecule has 102 valence electrons. The van der Waals surface area contributed by atoms with Gasteiger partial charge in [-0.15, -0.1) is 0 Å². The fraction of sp³-hybridized carbons (Fsp3) is 0.846. The molecule has 0 atom stereocenters. The van der Waals surface area contributed by atoms with Crippen molar-refractivity contribution in [1.29, 1.82) is 0 Å². The molecule has 0 aliphatic carbocycles. The van der Waals surface area contributed by atoms with Crippen molar-refractivity contribution in [1.82, 2.24) is 25.0 Å². The first-order valence-corrected chi connectivity index (χ1v) is 7.08. The van der Waals surface area contributed by atoms with E-state index >= 15 is 0 Å². The molecule has 5 heteroatoms. The van der Waals surface area contributed by atoms with Crippen LogP contribution in [0.4, 0.5) is 0 Å². The molecule has 1 aromatic heterocycles. The molecule has 1 aliphatic rings. The summed E-state index contributed by atoms with van der Waals surface area (Å²) >= 11 is 0. The van der Waals surface area contributed by atoms with Gasteiger partial charge in [0.25, 0.3) is 0 Å². The number of aryl methyl sites for hydroxylation is 1. The number of nitrogens with one attached hydrogen (secondary N) is 1. The first kappa shape index (κ1) is 13.5. The molecule has 1 N–H and O–H groups in total. The van der Waals surface area contributed by atoms with E-state index in [-0.39, 0.29) is 5.54 Å². The van der Waals surface area contributed by atoms with Gasteiger partial charge in [0.1, 0.15) is 12.2 Å². The Balaban J connectivity index is 2.15. The van der Waals surface area contributed by atoms with Crippen molar-refractivity contribution in [3.63, 3.8) is 0 Å². The molecule has 1 aromatic rings. The third-order valence-corrected chi connectivity index (χ3v) is 4.33. The molecule has 0 bridgehead atoms. The van der Waals surface area contributed by atoms with Crippen molar-refractivity contribution >= 4 is 0 Å². The maximum atomic E-state index is 4.41. The Bertz CT molecular complexity index is 369. The predicted octanol–water partition coefficient (Wildman–Crippen LogP) is 1.26. The molecule has 1 aliphatic heterocycles. The van der Waals surface area contributed by atoms with E-state index in [9.17, 15) is 0 Å². The van der Waals surface area contributed by atoms with Crippen LogP contribution < -0.4 is 5.32 Å². The van der Waals surface area contributed by atoms with E-state index in [4.69, 9.17) is 0 Å². The van der Waals surface area contributed by atoms with Crippen molar-refractivity contribution in [2.24, 2.45) is 0 Å². The summed E-state index contributed by atoms with van der Waals surface area (Å²) in [5, 5.41) is 7.79. The number of hydrogen-bond donors (Lipinski definition) is 1. The molecule has 0 aromatic carbocycles. The summed E-state index contributed by atoms with van der Waals surface area (Å²) in [7, 11) is 0. The van der Waals surface area contributed by atoms with E-state index in [1.807, 2.05) is 4.68 Å². The second kappa shape index (κ2) is 5.80. The van der Waals surface area contributed by atoms with Gasteiger partial charge in [-0.25, -0.2) is 9.67 Å². The van der Waals surface area contributed by atoms with Crippen molar-refractivity contribution in [2.45, 2.75) is 52.2 Å². The quantitative estimate of drug-likeness (QED) is 0.856. The van der Waals surface area contributed by atoms with E-state index in [0.717, 1.165) is 38.5 Å². The molecular weight excluding hydrogens is 226 g/mol. The molecule has 0 unspecified atom stereocenters. The number of nitrogens with zero attached hydrogens (tertiary/aromatic N) is 4. The zero-order valence-corrected chi connectivity index (χ0v) is 11.8. The highest BCUT2D eigenvalue weighted by Crippen LogP contribution is 2.26. The number of aromatic nitrogens is 3. The molecule has 2 heterocycles. The van der Waals surface area contributed by atoms with Crippen LogP contribution in [0.5, 0.6) is 0 Å². The van der Waals surface area contributed by atoms with Crippen molar-refractivity contribution in [3.05, 3.63) is 12.2 Å². The summed E-state index contributed by atoms with van der Waals surface area (Å²) in [6, 6.07) is 0. The van der Waals surface area contributed by atoms with Gasteiger partial charge in [0.2, 0.25) is 0 Å². The Labute approximate surface area is 110 Å². The van der Waals surface area contributed by atoms with Gasteiger partial charge < -0.3 is 5.32 Å². The average Bonchev–Trinajstić information content (AvgIpc) is 2.87.